The Labute approximate surface area is 163 Å². The SMILES string of the molecule is O=C(c1cn(-c2ccccc2)nn1)N(CCc1ccc(F)cc1)C1CCCC1. The largest absolute Gasteiger partial charge is 0.334 e. The highest BCUT2D eigenvalue weighted by Crippen LogP contribution is 2.25. The van der Waals surface area contributed by atoms with Crippen LogP contribution in [-0.4, -0.2) is 38.4 Å². The number of carbonyl (C=O) groups excluding carboxylic acids is 1. The molecule has 1 amide bonds. The zero-order chi connectivity index (χ0) is 19.3. The fourth-order valence-corrected chi connectivity index (χ4v) is 3.78. The summed E-state index contributed by atoms with van der Waals surface area (Å²) >= 11 is 0. The molecule has 1 saturated carbocycles. The molecule has 4 rings (SSSR count). The maximum absolute atomic E-state index is 13.2. The Hall–Kier alpha value is -3.02. The van der Waals surface area contributed by atoms with Crippen molar-refractivity contribution in [1.82, 2.24) is 19.9 Å². The number of hydrogen-bond acceptors (Lipinski definition) is 3. The summed E-state index contributed by atoms with van der Waals surface area (Å²) in [5, 5.41) is 8.25. The van der Waals surface area contributed by atoms with Gasteiger partial charge in [0, 0.05) is 12.6 Å². The molecule has 0 radical (unpaired) electrons. The van der Waals surface area contributed by atoms with E-state index in [4.69, 9.17) is 0 Å². The molecule has 3 aromatic rings. The highest BCUT2D eigenvalue weighted by molar-refractivity contribution is 5.92. The smallest absolute Gasteiger partial charge is 0.276 e. The summed E-state index contributed by atoms with van der Waals surface area (Å²) in [6.07, 6.45) is 6.69. The van der Waals surface area contributed by atoms with E-state index in [1.165, 1.54) is 12.1 Å². The minimum Gasteiger partial charge on any atom is -0.334 e. The van der Waals surface area contributed by atoms with Gasteiger partial charge in [-0.05, 0) is 49.1 Å². The van der Waals surface area contributed by atoms with Crippen molar-refractivity contribution in [3.63, 3.8) is 0 Å². The molecule has 1 aliphatic rings. The lowest BCUT2D eigenvalue weighted by Gasteiger charge is -2.28. The molecule has 1 heterocycles. The summed E-state index contributed by atoms with van der Waals surface area (Å²) in [4.78, 5) is 15.1. The Morgan fingerprint density at radius 1 is 1.07 bits per heavy atom. The van der Waals surface area contributed by atoms with Gasteiger partial charge in [-0.15, -0.1) is 5.10 Å². The summed E-state index contributed by atoms with van der Waals surface area (Å²) in [5.41, 5.74) is 2.24. The first kappa shape index (κ1) is 18.3. The van der Waals surface area contributed by atoms with E-state index in [-0.39, 0.29) is 17.8 Å². The molecule has 0 spiro atoms. The Morgan fingerprint density at radius 3 is 2.50 bits per heavy atom. The Bertz CT molecular complexity index is 917. The number of para-hydroxylation sites is 1. The minimum atomic E-state index is -0.245. The van der Waals surface area contributed by atoms with Gasteiger partial charge in [0.25, 0.3) is 5.91 Å². The van der Waals surface area contributed by atoms with Crippen molar-refractivity contribution in [3.8, 4) is 5.69 Å². The second-order valence-corrected chi connectivity index (χ2v) is 7.20. The molecule has 6 heteroatoms. The lowest BCUT2D eigenvalue weighted by atomic mass is 10.1. The topological polar surface area (TPSA) is 51.0 Å². The lowest BCUT2D eigenvalue weighted by molar-refractivity contribution is 0.0678. The summed E-state index contributed by atoms with van der Waals surface area (Å²) in [6, 6.07) is 16.3. The number of hydrogen-bond donors (Lipinski definition) is 0. The Morgan fingerprint density at radius 2 is 1.79 bits per heavy atom. The zero-order valence-electron chi connectivity index (χ0n) is 15.7. The summed E-state index contributed by atoms with van der Waals surface area (Å²) in [6.45, 7) is 0.591. The Kier molecular flexibility index (Phi) is 5.46. The van der Waals surface area contributed by atoms with E-state index in [2.05, 4.69) is 10.3 Å². The van der Waals surface area contributed by atoms with Crippen molar-refractivity contribution in [1.29, 1.82) is 0 Å². The molecule has 5 nitrogen and oxygen atoms in total. The van der Waals surface area contributed by atoms with Crippen molar-refractivity contribution in [2.75, 3.05) is 6.54 Å². The molecule has 28 heavy (non-hydrogen) atoms. The average Bonchev–Trinajstić information content (AvgIpc) is 3.42. The van der Waals surface area contributed by atoms with E-state index in [0.29, 0.717) is 18.7 Å². The van der Waals surface area contributed by atoms with Gasteiger partial charge >= 0.3 is 0 Å². The molecule has 0 saturated heterocycles. The third kappa shape index (κ3) is 4.11. The number of carbonyl (C=O) groups is 1. The second-order valence-electron chi connectivity index (χ2n) is 7.20. The summed E-state index contributed by atoms with van der Waals surface area (Å²) < 4.78 is 14.8. The quantitative estimate of drug-likeness (QED) is 0.651. The molecule has 0 bridgehead atoms. The number of rotatable bonds is 6. The van der Waals surface area contributed by atoms with Gasteiger partial charge in [-0.2, -0.15) is 0 Å². The first-order valence-electron chi connectivity index (χ1n) is 9.74. The van der Waals surface area contributed by atoms with Crippen LogP contribution in [0.1, 0.15) is 41.7 Å². The van der Waals surface area contributed by atoms with Crippen LogP contribution in [0.25, 0.3) is 5.69 Å². The van der Waals surface area contributed by atoms with E-state index in [1.54, 1.807) is 23.0 Å². The normalized spacial score (nSPS) is 14.3. The molecule has 0 N–H and O–H groups in total. The maximum atomic E-state index is 13.2. The molecule has 2 aromatic carbocycles. The fraction of sp³-hybridized carbons (Fsp3) is 0.318. The van der Waals surface area contributed by atoms with E-state index in [0.717, 1.165) is 36.9 Å². The third-order valence-electron chi connectivity index (χ3n) is 5.31. The molecule has 144 valence electrons. The van der Waals surface area contributed by atoms with Crippen LogP contribution < -0.4 is 0 Å². The van der Waals surface area contributed by atoms with Crippen LogP contribution in [0.3, 0.4) is 0 Å². The van der Waals surface area contributed by atoms with Crippen LogP contribution in [0, 0.1) is 5.82 Å². The molecule has 0 unspecified atom stereocenters. The van der Waals surface area contributed by atoms with Crippen LogP contribution in [-0.2, 0) is 6.42 Å². The van der Waals surface area contributed by atoms with Gasteiger partial charge in [-0.3, -0.25) is 4.79 Å². The average molecular weight is 378 g/mol. The molecule has 1 aliphatic carbocycles. The molecular weight excluding hydrogens is 355 g/mol. The van der Waals surface area contributed by atoms with Crippen LogP contribution in [0.2, 0.25) is 0 Å². The van der Waals surface area contributed by atoms with Crippen molar-refractivity contribution >= 4 is 5.91 Å². The second kappa shape index (κ2) is 8.33. The van der Waals surface area contributed by atoms with E-state index < -0.39 is 0 Å². The first-order chi connectivity index (χ1) is 13.7. The van der Waals surface area contributed by atoms with Gasteiger partial charge in [-0.25, -0.2) is 9.07 Å². The first-order valence-corrected chi connectivity index (χ1v) is 9.74. The van der Waals surface area contributed by atoms with Gasteiger partial charge in [-0.1, -0.05) is 48.4 Å². The molecule has 0 atom stereocenters. The van der Waals surface area contributed by atoms with Gasteiger partial charge < -0.3 is 4.90 Å². The van der Waals surface area contributed by atoms with Crippen molar-refractivity contribution in [2.45, 2.75) is 38.1 Å². The van der Waals surface area contributed by atoms with E-state index in [1.807, 2.05) is 35.2 Å². The molecular formula is C22H23FN4O. The van der Waals surface area contributed by atoms with Crippen LogP contribution in [0.5, 0.6) is 0 Å². The van der Waals surface area contributed by atoms with Gasteiger partial charge in [0.05, 0.1) is 11.9 Å². The van der Waals surface area contributed by atoms with Gasteiger partial charge in [0.2, 0.25) is 0 Å². The van der Waals surface area contributed by atoms with Crippen molar-refractivity contribution in [3.05, 3.63) is 77.9 Å². The number of benzene rings is 2. The van der Waals surface area contributed by atoms with Gasteiger partial charge in [0.15, 0.2) is 5.69 Å². The predicted octanol–water partition coefficient (Wildman–Crippen LogP) is 4.03. The van der Waals surface area contributed by atoms with Crippen molar-refractivity contribution < 1.29 is 9.18 Å². The van der Waals surface area contributed by atoms with E-state index >= 15 is 0 Å². The highest BCUT2D eigenvalue weighted by Gasteiger charge is 2.28. The standard InChI is InChI=1S/C22H23FN4O/c23-18-12-10-17(11-13-18)14-15-26(19-6-4-5-7-19)22(28)21-16-27(25-24-21)20-8-2-1-3-9-20/h1-3,8-13,16,19H,4-7,14-15H2. The number of nitrogens with zero attached hydrogens (tertiary/aromatic N) is 4. The molecule has 0 aliphatic heterocycles. The minimum absolute atomic E-state index is 0.0869. The maximum Gasteiger partial charge on any atom is 0.276 e. The van der Waals surface area contributed by atoms with Crippen LogP contribution in [0.4, 0.5) is 4.39 Å². The third-order valence-corrected chi connectivity index (χ3v) is 5.31. The van der Waals surface area contributed by atoms with Gasteiger partial charge in [0.1, 0.15) is 5.82 Å². The van der Waals surface area contributed by atoms with E-state index in [9.17, 15) is 9.18 Å². The number of halogens is 1. The zero-order valence-corrected chi connectivity index (χ0v) is 15.7. The van der Waals surface area contributed by atoms with Crippen LogP contribution >= 0.6 is 0 Å². The number of amides is 1. The molecule has 1 fully saturated rings. The predicted molar refractivity (Wildman–Crippen MR) is 105 cm³/mol. The monoisotopic (exact) mass is 378 g/mol. The fourth-order valence-electron chi connectivity index (χ4n) is 3.78. The number of aromatic nitrogens is 3. The van der Waals surface area contributed by atoms with Crippen LogP contribution in [0.15, 0.2) is 60.8 Å². The lowest BCUT2D eigenvalue weighted by Crippen LogP contribution is -2.40. The highest BCUT2D eigenvalue weighted by atomic mass is 19.1. The Balaban J connectivity index is 1.51. The molecule has 1 aromatic heterocycles. The van der Waals surface area contributed by atoms with Crippen molar-refractivity contribution in [2.24, 2.45) is 0 Å². The summed E-state index contributed by atoms with van der Waals surface area (Å²) in [7, 11) is 0. The summed E-state index contributed by atoms with van der Waals surface area (Å²) in [5.74, 6) is -0.332.